The molecule has 0 radical (unpaired) electrons. The van der Waals surface area contributed by atoms with E-state index in [9.17, 15) is 13.2 Å². The van der Waals surface area contributed by atoms with Crippen LogP contribution in [0.5, 0.6) is 0 Å². The van der Waals surface area contributed by atoms with Crippen LogP contribution in [-0.2, 0) is 10.9 Å². The van der Waals surface area contributed by atoms with Crippen LogP contribution in [0.4, 0.5) is 13.2 Å². The van der Waals surface area contributed by atoms with Crippen LogP contribution in [0, 0.1) is 6.92 Å². The number of hydrogen-bond acceptors (Lipinski definition) is 2. The zero-order chi connectivity index (χ0) is 15.3. The molecule has 0 aromatic heterocycles. The molecule has 0 aliphatic rings. The predicted molar refractivity (Wildman–Crippen MR) is 73.7 cm³/mol. The second kappa shape index (κ2) is 7.09. The first kappa shape index (κ1) is 17.0. The highest BCUT2D eigenvalue weighted by Gasteiger charge is 2.31. The number of rotatable bonds is 6. The van der Waals surface area contributed by atoms with Crippen LogP contribution in [0.1, 0.15) is 43.5 Å². The Bertz CT molecular complexity index is 432. The number of likely N-dealkylation sites (N-methyl/N-ethyl adjacent to an activating group) is 1. The molecule has 2 atom stereocenters. The van der Waals surface area contributed by atoms with Crippen LogP contribution in [0.3, 0.4) is 0 Å². The monoisotopic (exact) mass is 289 g/mol. The number of aryl methyl sites for hydroxylation is 1. The van der Waals surface area contributed by atoms with Gasteiger partial charge in [0.15, 0.2) is 0 Å². The molecule has 1 N–H and O–H groups in total. The molecule has 1 aromatic carbocycles. The van der Waals surface area contributed by atoms with Crippen LogP contribution in [0.2, 0.25) is 0 Å². The lowest BCUT2D eigenvalue weighted by Gasteiger charge is -2.27. The zero-order valence-electron chi connectivity index (χ0n) is 12.3. The van der Waals surface area contributed by atoms with Gasteiger partial charge in [0.25, 0.3) is 0 Å². The Hall–Kier alpha value is -1.07. The molecule has 0 saturated carbocycles. The topological polar surface area (TPSA) is 21.3 Å². The number of benzene rings is 1. The summed E-state index contributed by atoms with van der Waals surface area (Å²) in [6, 6.07) is 3.76. The van der Waals surface area contributed by atoms with Gasteiger partial charge in [0, 0.05) is 6.61 Å². The molecule has 5 heteroatoms. The highest BCUT2D eigenvalue weighted by atomic mass is 19.4. The summed E-state index contributed by atoms with van der Waals surface area (Å²) >= 11 is 0. The Balaban J connectivity index is 3.08. The lowest BCUT2D eigenvalue weighted by Crippen LogP contribution is -2.32. The molecule has 0 amide bonds. The van der Waals surface area contributed by atoms with Crippen molar-refractivity contribution in [2.24, 2.45) is 0 Å². The highest BCUT2D eigenvalue weighted by Crippen LogP contribution is 2.32. The third-order valence-electron chi connectivity index (χ3n) is 3.26. The van der Waals surface area contributed by atoms with Crippen LogP contribution in [-0.4, -0.2) is 19.3 Å². The summed E-state index contributed by atoms with van der Waals surface area (Å²) in [7, 11) is 0. The molecule has 114 valence electrons. The number of halogens is 3. The van der Waals surface area contributed by atoms with Crippen LogP contribution < -0.4 is 5.32 Å². The maximum absolute atomic E-state index is 12.7. The molecule has 20 heavy (non-hydrogen) atoms. The Morgan fingerprint density at radius 2 is 1.90 bits per heavy atom. The van der Waals surface area contributed by atoms with E-state index in [0.29, 0.717) is 12.2 Å². The molecule has 0 aliphatic carbocycles. The minimum Gasteiger partial charge on any atom is -0.377 e. The molecule has 0 aliphatic heterocycles. The van der Waals surface area contributed by atoms with Crippen molar-refractivity contribution < 1.29 is 17.9 Å². The van der Waals surface area contributed by atoms with Gasteiger partial charge in [0.05, 0.1) is 17.7 Å². The molecule has 0 spiro atoms. The van der Waals surface area contributed by atoms with Gasteiger partial charge in [-0.05, 0) is 50.6 Å². The predicted octanol–water partition coefficient (Wildman–Crippen LogP) is 4.09. The quantitative estimate of drug-likeness (QED) is 0.851. The largest absolute Gasteiger partial charge is 0.416 e. The van der Waals surface area contributed by atoms with Gasteiger partial charge < -0.3 is 10.1 Å². The van der Waals surface area contributed by atoms with Crippen molar-refractivity contribution in [1.29, 1.82) is 0 Å². The molecule has 0 bridgehead atoms. The summed E-state index contributed by atoms with van der Waals surface area (Å²) in [5, 5.41) is 3.28. The van der Waals surface area contributed by atoms with Crippen molar-refractivity contribution in [3.63, 3.8) is 0 Å². The molecule has 1 rings (SSSR count). The zero-order valence-corrected chi connectivity index (χ0v) is 12.3. The minimum atomic E-state index is -4.30. The van der Waals surface area contributed by atoms with Gasteiger partial charge in [-0.1, -0.05) is 13.0 Å². The van der Waals surface area contributed by atoms with E-state index in [0.717, 1.165) is 18.2 Å². The molecule has 0 fully saturated rings. The molecule has 0 heterocycles. The third kappa shape index (κ3) is 4.21. The second-order valence-corrected chi connectivity index (χ2v) is 4.76. The standard InChI is InChI=1S/C15H22F3NO/c1-5-19-14(11(4)20-6-2)13-8-7-12(9-10(13)3)15(16,17)18/h7-9,11,14,19H,5-6H2,1-4H3. The van der Waals surface area contributed by atoms with E-state index in [1.165, 1.54) is 6.07 Å². The van der Waals surface area contributed by atoms with Gasteiger partial charge in [-0.25, -0.2) is 0 Å². The number of ether oxygens (including phenoxy) is 1. The molecule has 2 unspecified atom stereocenters. The van der Waals surface area contributed by atoms with Crippen molar-refractivity contribution >= 4 is 0 Å². The van der Waals surface area contributed by atoms with Gasteiger partial charge in [-0.3, -0.25) is 0 Å². The number of hydrogen-bond donors (Lipinski definition) is 1. The van der Waals surface area contributed by atoms with Crippen LogP contribution >= 0.6 is 0 Å². The first-order valence-corrected chi connectivity index (χ1v) is 6.84. The molecule has 2 nitrogen and oxygen atoms in total. The Morgan fingerprint density at radius 1 is 1.25 bits per heavy atom. The van der Waals surface area contributed by atoms with E-state index in [1.54, 1.807) is 13.0 Å². The van der Waals surface area contributed by atoms with Gasteiger partial charge >= 0.3 is 6.18 Å². The molecular formula is C15H22F3NO. The van der Waals surface area contributed by atoms with Crippen molar-refractivity contribution in [2.75, 3.05) is 13.2 Å². The van der Waals surface area contributed by atoms with E-state index in [1.807, 2.05) is 20.8 Å². The van der Waals surface area contributed by atoms with Crippen LogP contribution in [0.25, 0.3) is 0 Å². The Morgan fingerprint density at radius 3 is 2.35 bits per heavy atom. The van der Waals surface area contributed by atoms with E-state index >= 15 is 0 Å². The van der Waals surface area contributed by atoms with E-state index in [-0.39, 0.29) is 12.1 Å². The fourth-order valence-corrected chi connectivity index (χ4v) is 2.31. The average Bonchev–Trinajstić information content (AvgIpc) is 2.35. The molecule has 0 saturated heterocycles. The highest BCUT2D eigenvalue weighted by molar-refractivity contribution is 5.35. The second-order valence-electron chi connectivity index (χ2n) is 4.76. The summed E-state index contributed by atoms with van der Waals surface area (Å²) in [5.74, 6) is 0. The van der Waals surface area contributed by atoms with E-state index in [4.69, 9.17) is 4.74 Å². The first-order valence-electron chi connectivity index (χ1n) is 6.84. The minimum absolute atomic E-state index is 0.101. The van der Waals surface area contributed by atoms with Crippen molar-refractivity contribution in [2.45, 2.75) is 46.0 Å². The first-order chi connectivity index (χ1) is 9.31. The summed E-state index contributed by atoms with van der Waals surface area (Å²) in [5.41, 5.74) is 0.858. The van der Waals surface area contributed by atoms with Crippen molar-refractivity contribution in [3.8, 4) is 0 Å². The summed E-state index contributed by atoms with van der Waals surface area (Å²) < 4.78 is 43.6. The number of nitrogens with one attached hydrogen (secondary N) is 1. The number of alkyl halides is 3. The van der Waals surface area contributed by atoms with Gasteiger partial charge in [-0.2, -0.15) is 13.2 Å². The van der Waals surface area contributed by atoms with Gasteiger partial charge in [-0.15, -0.1) is 0 Å². The molecule has 1 aromatic rings. The lowest BCUT2D eigenvalue weighted by molar-refractivity contribution is -0.137. The average molecular weight is 289 g/mol. The SMILES string of the molecule is CCNC(c1ccc(C(F)(F)F)cc1C)C(C)OCC. The van der Waals surface area contributed by atoms with Crippen molar-refractivity contribution in [3.05, 3.63) is 34.9 Å². The summed E-state index contributed by atoms with van der Waals surface area (Å²) in [6.07, 6.45) is -4.40. The normalized spacial score (nSPS) is 15.2. The van der Waals surface area contributed by atoms with E-state index in [2.05, 4.69) is 5.32 Å². The fraction of sp³-hybridized carbons (Fsp3) is 0.600. The smallest absolute Gasteiger partial charge is 0.377 e. The van der Waals surface area contributed by atoms with Crippen molar-refractivity contribution in [1.82, 2.24) is 5.32 Å². The van der Waals surface area contributed by atoms with Crippen LogP contribution in [0.15, 0.2) is 18.2 Å². The lowest BCUT2D eigenvalue weighted by atomic mass is 9.95. The Kier molecular flexibility index (Phi) is 6.02. The van der Waals surface area contributed by atoms with E-state index < -0.39 is 11.7 Å². The fourth-order valence-electron chi connectivity index (χ4n) is 2.31. The maximum Gasteiger partial charge on any atom is 0.416 e. The maximum atomic E-state index is 12.7. The van der Waals surface area contributed by atoms with Gasteiger partial charge in [0.1, 0.15) is 0 Å². The Labute approximate surface area is 118 Å². The molecular weight excluding hydrogens is 267 g/mol. The van der Waals surface area contributed by atoms with Gasteiger partial charge in [0.2, 0.25) is 0 Å². The summed E-state index contributed by atoms with van der Waals surface area (Å²) in [4.78, 5) is 0. The summed E-state index contributed by atoms with van der Waals surface area (Å²) in [6.45, 7) is 8.79. The third-order valence-corrected chi connectivity index (χ3v) is 3.26.